The number of rotatable bonds is 2. The molecule has 0 aromatic carbocycles. The zero-order valence-corrected chi connectivity index (χ0v) is 14.7. The van der Waals surface area contributed by atoms with Crippen LogP contribution in [0.15, 0.2) is 24.5 Å². The Labute approximate surface area is 149 Å². The van der Waals surface area contributed by atoms with E-state index in [9.17, 15) is 0 Å². The Bertz CT molecular complexity index is 760. The Hall–Kier alpha value is -2.01. The van der Waals surface area contributed by atoms with Gasteiger partial charge in [0.05, 0.1) is 0 Å². The van der Waals surface area contributed by atoms with Gasteiger partial charge in [-0.3, -0.25) is 9.88 Å². The van der Waals surface area contributed by atoms with Crippen LogP contribution in [0.1, 0.15) is 36.9 Å². The van der Waals surface area contributed by atoms with Gasteiger partial charge in [0.1, 0.15) is 5.82 Å². The number of fused-ring (bicyclic) bond motifs is 2. The molecule has 2 aromatic heterocycles. The quantitative estimate of drug-likeness (QED) is 0.844. The van der Waals surface area contributed by atoms with Crippen LogP contribution in [0.25, 0.3) is 11.4 Å². The first-order valence-corrected chi connectivity index (χ1v) is 9.68. The second-order valence-electron chi connectivity index (χ2n) is 7.52. The highest BCUT2D eigenvalue weighted by molar-refractivity contribution is 5.61. The van der Waals surface area contributed by atoms with E-state index < -0.39 is 0 Å². The van der Waals surface area contributed by atoms with Gasteiger partial charge in [0, 0.05) is 54.9 Å². The molecule has 0 bridgehead atoms. The molecule has 3 aliphatic rings. The second kappa shape index (κ2) is 6.37. The maximum Gasteiger partial charge on any atom is 0.161 e. The minimum Gasteiger partial charge on any atom is -0.355 e. The summed E-state index contributed by atoms with van der Waals surface area (Å²) in [6.07, 6.45) is 11.0. The minimum atomic E-state index is 0.707. The predicted molar refractivity (Wildman–Crippen MR) is 98.7 cm³/mol. The topological polar surface area (TPSA) is 45.2 Å². The van der Waals surface area contributed by atoms with Crippen LogP contribution >= 0.6 is 0 Å². The summed E-state index contributed by atoms with van der Waals surface area (Å²) in [5.74, 6) is 2.08. The van der Waals surface area contributed by atoms with Crippen molar-refractivity contribution < 1.29 is 0 Å². The van der Waals surface area contributed by atoms with Crippen molar-refractivity contribution in [3.8, 4) is 11.4 Å². The van der Waals surface area contributed by atoms with Crippen molar-refractivity contribution in [1.82, 2.24) is 19.9 Å². The highest BCUT2D eigenvalue weighted by atomic mass is 15.3. The molecule has 5 rings (SSSR count). The SMILES string of the molecule is c1cc(-c2nc3c(c(N4CCCN5CCC[C@@H]5C4)n2)CCC3)ccn1. The summed E-state index contributed by atoms with van der Waals surface area (Å²) in [6.45, 7) is 4.76. The fourth-order valence-corrected chi connectivity index (χ4v) is 4.70. The zero-order valence-electron chi connectivity index (χ0n) is 14.7. The van der Waals surface area contributed by atoms with Gasteiger partial charge in [-0.15, -0.1) is 0 Å². The largest absolute Gasteiger partial charge is 0.355 e. The maximum absolute atomic E-state index is 5.06. The van der Waals surface area contributed by atoms with E-state index in [0.717, 1.165) is 37.3 Å². The van der Waals surface area contributed by atoms with Crippen LogP contribution in [0, 0.1) is 0 Å². The van der Waals surface area contributed by atoms with E-state index >= 15 is 0 Å². The van der Waals surface area contributed by atoms with E-state index in [1.165, 1.54) is 55.8 Å². The lowest BCUT2D eigenvalue weighted by molar-refractivity contribution is 0.273. The first kappa shape index (κ1) is 15.3. The van der Waals surface area contributed by atoms with E-state index in [-0.39, 0.29) is 0 Å². The van der Waals surface area contributed by atoms with Crippen molar-refractivity contribution in [2.75, 3.05) is 31.1 Å². The average Bonchev–Trinajstić information content (AvgIpc) is 3.26. The van der Waals surface area contributed by atoms with Gasteiger partial charge < -0.3 is 4.90 Å². The summed E-state index contributed by atoms with van der Waals surface area (Å²) in [4.78, 5) is 19.3. The van der Waals surface area contributed by atoms with Crippen molar-refractivity contribution in [2.24, 2.45) is 0 Å². The lowest BCUT2D eigenvalue weighted by Gasteiger charge is -2.28. The molecule has 2 aromatic rings. The molecule has 25 heavy (non-hydrogen) atoms. The van der Waals surface area contributed by atoms with Crippen LogP contribution in [0.2, 0.25) is 0 Å². The number of anilines is 1. The van der Waals surface area contributed by atoms with Crippen molar-refractivity contribution in [3.63, 3.8) is 0 Å². The molecule has 0 unspecified atom stereocenters. The van der Waals surface area contributed by atoms with Gasteiger partial charge in [-0.1, -0.05) is 0 Å². The van der Waals surface area contributed by atoms with E-state index in [1.54, 1.807) is 0 Å². The molecular weight excluding hydrogens is 310 g/mol. The molecule has 0 saturated carbocycles. The number of aromatic nitrogens is 3. The first-order chi connectivity index (χ1) is 12.4. The monoisotopic (exact) mass is 335 g/mol. The number of aryl methyl sites for hydroxylation is 1. The number of hydrogen-bond acceptors (Lipinski definition) is 5. The predicted octanol–water partition coefficient (Wildman–Crippen LogP) is 2.70. The zero-order chi connectivity index (χ0) is 16.6. The lowest BCUT2D eigenvalue weighted by atomic mass is 10.1. The molecule has 2 aliphatic heterocycles. The Balaban J connectivity index is 1.54. The molecule has 0 N–H and O–H groups in total. The summed E-state index contributed by atoms with van der Waals surface area (Å²) in [5, 5.41) is 0. The van der Waals surface area contributed by atoms with Crippen molar-refractivity contribution >= 4 is 5.82 Å². The maximum atomic E-state index is 5.06. The standard InChI is InChI=1S/C20H25N5/c1-5-17-18(6-1)22-19(15-7-9-21-10-8-15)23-20(17)25-13-3-12-24-11-2-4-16(24)14-25/h7-10,16H,1-6,11-14H2/t16-/m1/s1. The fraction of sp³-hybridized carbons (Fsp3) is 0.550. The summed E-state index contributed by atoms with van der Waals surface area (Å²) in [5.41, 5.74) is 3.75. The van der Waals surface area contributed by atoms with Crippen LogP contribution in [-0.4, -0.2) is 52.1 Å². The molecule has 1 atom stereocenters. The molecular formula is C20H25N5. The minimum absolute atomic E-state index is 0.707. The molecule has 2 saturated heterocycles. The fourth-order valence-electron chi connectivity index (χ4n) is 4.70. The first-order valence-electron chi connectivity index (χ1n) is 9.68. The molecule has 4 heterocycles. The Kier molecular flexibility index (Phi) is 3.89. The third-order valence-electron chi connectivity index (χ3n) is 5.95. The van der Waals surface area contributed by atoms with Gasteiger partial charge >= 0.3 is 0 Å². The highest BCUT2D eigenvalue weighted by Crippen LogP contribution is 2.33. The van der Waals surface area contributed by atoms with Crippen LogP contribution in [0.5, 0.6) is 0 Å². The molecule has 0 amide bonds. The summed E-state index contributed by atoms with van der Waals surface area (Å²) < 4.78 is 0. The summed E-state index contributed by atoms with van der Waals surface area (Å²) in [7, 11) is 0. The molecule has 2 fully saturated rings. The smallest absolute Gasteiger partial charge is 0.161 e. The van der Waals surface area contributed by atoms with Gasteiger partial charge in [-0.25, -0.2) is 9.97 Å². The van der Waals surface area contributed by atoms with Crippen molar-refractivity contribution in [2.45, 2.75) is 44.6 Å². The highest BCUT2D eigenvalue weighted by Gasteiger charge is 2.31. The summed E-state index contributed by atoms with van der Waals surface area (Å²) >= 11 is 0. The van der Waals surface area contributed by atoms with Gasteiger partial charge in [-0.2, -0.15) is 0 Å². The third kappa shape index (κ3) is 2.80. The number of hydrogen-bond donors (Lipinski definition) is 0. The molecule has 5 nitrogen and oxygen atoms in total. The van der Waals surface area contributed by atoms with Gasteiger partial charge in [0.25, 0.3) is 0 Å². The van der Waals surface area contributed by atoms with Crippen molar-refractivity contribution in [1.29, 1.82) is 0 Å². The Morgan fingerprint density at radius 1 is 0.920 bits per heavy atom. The number of nitrogens with zero attached hydrogens (tertiary/aromatic N) is 5. The Morgan fingerprint density at radius 2 is 1.80 bits per heavy atom. The summed E-state index contributed by atoms with van der Waals surface area (Å²) in [6, 6.07) is 4.74. The lowest BCUT2D eigenvalue weighted by Crippen LogP contribution is -2.37. The Morgan fingerprint density at radius 3 is 2.72 bits per heavy atom. The molecule has 0 radical (unpaired) electrons. The second-order valence-corrected chi connectivity index (χ2v) is 7.52. The molecule has 1 aliphatic carbocycles. The van der Waals surface area contributed by atoms with E-state index in [4.69, 9.17) is 9.97 Å². The van der Waals surface area contributed by atoms with Gasteiger partial charge in [0.2, 0.25) is 0 Å². The number of pyridine rings is 1. The van der Waals surface area contributed by atoms with Gasteiger partial charge in [0.15, 0.2) is 5.82 Å². The van der Waals surface area contributed by atoms with E-state index in [1.807, 2.05) is 24.5 Å². The molecule has 0 spiro atoms. The van der Waals surface area contributed by atoms with Crippen LogP contribution < -0.4 is 4.90 Å². The molecule has 130 valence electrons. The van der Waals surface area contributed by atoms with E-state index in [2.05, 4.69) is 14.8 Å². The van der Waals surface area contributed by atoms with Crippen molar-refractivity contribution in [3.05, 3.63) is 35.8 Å². The van der Waals surface area contributed by atoms with Gasteiger partial charge in [-0.05, 0) is 57.2 Å². The van der Waals surface area contributed by atoms with Crippen LogP contribution in [0.3, 0.4) is 0 Å². The van der Waals surface area contributed by atoms with Crippen LogP contribution in [0.4, 0.5) is 5.82 Å². The average molecular weight is 335 g/mol. The third-order valence-corrected chi connectivity index (χ3v) is 5.95. The normalized spacial score (nSPS) is 23.4. The van der Waals surface area contributed by atoms with E-state index in [0.29, 0.717) is 6.04 Å². The van der Waals surface area contributed by atoms with Crippen LogP contribution in [-0.2, 0) is 12.8 Å². The molecule has 5 heteroatoms.